The van der Waals surface area contributed by atoms with Crippen molar-refractivity contribution in [3.8, 4) is 11.5 Å². The summed E-state index contributed by atoms with van der Waals surface area (Å²) in [4.78, 5) is 22.5. The van der Waals surface area contributed by atoms with Crippen LogP contribution in [0.4, 0.5) is 0 Å². The fraction of sp³-hybridized carbons (Fsp3) is 0.600. The number of ether oxygens (including phenoxy) is 13. The molecule has 0 bridgehead atoms. The number of esters is 2. The van der Waals surface area contributed by atoms with Crippen molar-refractivity contribution in [2.75, 3.05) is 145 Å². The van der Waals surface area contributed by atoms with E-state index in [1.54, 1.807) is 13.8 Å². The Morgan fingerprint density at radius 2 is 0.600 bits per heavy atom. The van der Waals surface area contributed by atoms with Crippen molar-refractivity contribution in [1.82, 2.24) is 0 Å². The van der Waals surface area contributed by atoms with Gasteiger partial charge in [-0.1, -0.05) is 51.3 Å². The van der Waals surface area contributed by atoms with Crippen LogP contribution in [0.25, 0.3) is 0 Å². The first kappa shape index (κ1) is 52.2. The van der Waals surface area contributed by atoms with Crippen LogP contribution in [0.5, 0.6) is 11.5 Å². The molecule has 0 aliphatic heterocycles. The Balaban J connectivity index is 1.41. The van der Waals surface area contributed by atoms with E-state index in [0.717, 1.165) is 11.5 Å². The molecule has 0 spiro atoms. The SMILES string of the molecule is C=C(C)C(=O)OCCOCCOCCOCCOCCOCCOc1ccc(C(C)(C)c2ccc(OCCOCCOCCOCCOCCOC(=O)C(=C)C)cc2)cc1. The summed E-state index contributed by atoms with van der Waals surface area (Å²) in [5.74, 6) is 0.733. The van der Waals surface area contributed by atoms with Crippen LogP contribution in [0.3, 0.4) is 0 Å². The van der Waals surface area contributed by atoms with Crippen LogP contribution in [-0.2, 0) is 67.1 Å². The monoisotopic (exact) mass is 848 g/mol. The van der Waals surface area contributed by atoms with Gasteiger partial charge < -0.3 is 61.6 Å². The maximum absolute atomic E-state index is 11.3. The lowest BCUT2D eigenvalue weighted by atomic mass is 9.78. The zero-order valence-corrected chi connectivity index (χ0v) is 36.2. The van der Waals surface area contributed by atoms with E-state index < -0.39 is 11.9 Å². The molecule has 0 heterocycles. The lowest BCUT2D eigenvalue weighted by Crippen LogP contribution is -2.19. The molecule has 0 amide bonds. The molecule has 0 radical (unpaired) electrons. The second kappa shape index (κ2) is 33.8. The minimum atomic E-state index is -0.417. The third-order valence-corrected chi connectivity index (χ3v) is 8.37. The summed E-state index contributed by atoms with van der Waals surface area (Å²) in [6.07, 6.45) is 0. The fourth-order valence-corrected chi connectivity index (χ4v) is 4.92. The van der Waals surface area contributed by atoms with Crippen LogP contribution in [0, 0.1) is 0 Å². The van der Waals surface area contributed by atoms with Crippen LogP contribution in [0.2, 0.25) is 0 Å². The van der Waals surface area contributed by atoms with Crippen molar-refractivity contribution in [3.63, 3.8) is 0 Å². The molecule has 15 heteroatoms. The highest BCUT2D eigenvalue weighted by atomic mass is 16.6. The summed E-state index contributed by atoms with van der Waals surface area (Å²) < 4.78 is 70.9. The molecule has 0 aliphatic carbocycles. The Morgan fingerprint density at radius 3 is 0.833 bits per heavy atom. The number of benzene rings is 2. The fourth-order valence-electron chi connectivity index (χ4n) is 4.92. The lowest BCUT2D eigenvalue weighted by Gasteiger charge is -2.26. The number of hydrogen-bond donors (Lipinski definition) is 0. The van der Waals surface area contributed by atoms with Gasteiger partial charge >= 0.3 is 11.9 Å². The van der Waals surface area contributed by atoms with E-state index in [9.17, 15) is 9.59 Å². The lowest BCUT2D eigenvalue weighted by molar-refractivity contribution is -0.141. The molecular formula is C45H68O15. The van der Waals surface area contributed by atoms with E-state index in [2.05, 4.69) is 51.3 Å². The van der Waals surface area contributed by atoms with Gasteiger partial charge in [0.05, 0.1) is 119 Å². The van der Waals surface area contributed by atoms with Crippen LogP contribution in [0.15, 0.2) is 72.8 Å². The normalized spacial score (nSPS) is 11.3. The van der Waals surface area contributed by atoms with Crippen molar-refractivity contribution in [2.45, 2.75) is 33.1 Å². The minimum absolute atomic E-state index is 0.191. The van der Waals surface area contributed by atoms with Crippen molar-refractivity contribution in [3.05, 3.63) is 84.0 Å². The first-order chi connectivity index (χ1) is 29.1. The summed E-state index contributed by atoms with van der Waals surface area (Å²) >= 11 is 0. The van der Waals surface area contributed by atoms with Crippen molar-refractivity contribution in [2.24, 2.45) is 0 Å². The van der Waals surface area contributed by atoms with Crippen LogP contribution in [-0.4, -0.2) is 157 Å². The summed E-state index contributed by atoms with van der Waals surface area (Å²) in [6.45, 7) is 23.8. The molecule has 2 rings (SSSR count). The molecule has 0 aromatic heterocycles. The Kier molecular flexibility index (Phi) is 29.4. The van der Waals surface area contributed by atoms with Gasteiger partial charge in [0.15, 0.2) is 0 Å². The maximum atomic E-state index is 11.3. The highest BCUT2D eigenvalue weighted by molar-refractivity contribution is 5.87. The average Bonchev–Trinajstić information content (AvgIpc) is 3.24. The average molecular weight is 849 g/mol. The highest BCUT2D eigenvalue weighted by Gasteiger charge is 2.23. The summed E-state index contributed by atoms with van der Waals surface area (Å²) in [7, 11) is 0. The number of hydrogen-bond acceptors (Lipinski definition) is 15. The Morgan fingerprint density at radius 1 is 0.383 bits per heavy atom. The quantitative estimate of drug-likeness (QED) is 0.0494. The number of carbonyl (C=O) groups is 2. The van der Waals surface area contributed by atoms with E-state index in [1.165, 1.54) is 11.1 Å². The van der Waals surface area contributed by atoms with Gasteiger partial charge in [0.1, 0.15) is 37.9 Å². The van der Waals surface area contributed by atoms with Crippen LogP contribution >= 0.6 is 0 Å². The Hall–Kier alpha value is -3.90. The van der Waals surface area contributed by atoms with Crippen LogP contribution < -0.4 is 9.47 Å². The molecule has 0 atom stereocenters. The van der Waals surface area contributed by atoms with Gasteiger partial charge in [-0.2, -0.15) is 0 Å². The highest BCUT2D eigenvalue weighted by Crippen LogP contribution is 2.33. The van der Waals surface area contributed by atoms with Crippen LogP contribution in [0.1, 0.15) is 38.8 Å². The van der Waals surface area contributed by atoms with E-state index in [4.69, 9.17) is 61.6 Å². The van der Waals surface area contributed by atoms with Gasteiger partial charge in [-0.05, 0) is 49.2 Å². The molecule has 2 aromatic rings. The second-order valence-corrected chi connectivity index (χ2v) is 13.7. The first-order valence-corrected chi connectivity index (χ1v) is 20.4. The standard InChI is InChI=1S/C45H68O15/c1-37(2)43(46)59-35-31-55-27-23-51-18-16-48-15-17-49-21-25-53-29-33-57-41-11-7-39(8-12-41)45(5,6)40-9-13-42(14-10-40)58-34-30-54-26-22-50-19-20-52-24-28-56-32-36-60-44(47)38(3)4/h7-14H,1,3,15-36H2,2,4-6H3. The molecule has 60 heavy (non-hydrogen) atoms. The summed E-state index contributed by atoms with van der Waals surface area (Å²) in [5.41, 5.74) is 2.85. The Bertz CT molecular complexity index is 1430. The van der Waals surface area contributed by atoms with Crippen molar-refractivity contribution in [1.29, 1.82) is 0 Å². The van der Waals surface area contributed by atoms with E-state index in [0.29, 0.717) is 143 Å². The predicted molar refractivity (Wildman–Crippen MR) is 225 cm³/mol. The smallest absolute Gasteiger partial charge is 0.333 e. The van der Waals surface area contributed by atoms with Crippen molar-refractivity contribution < 1.29 is 71.2 Å². The van der Waals surface area contributed by atoms with Gasteiger partial charge in [0.2, 0.25) is 0 Å². The molecule has 15 nitrogen and oxygen atoms in total. The molecule has 338 valence electrons. The molecular weight excluding hydrogens is 780 g/mol. The topological polar surface area (TPSA) is 154 Å². The van der Waals surface area contributed by atoms with Gasteiger partial charge in [-0.15, -0.1) is 0 Å². The van der Waals surface area contributed by atoms with Gasteiger partial charge in [0.25, 0.3) is 0 Å². The molecule has 0 saturated heterocycles. The minimum Gasteiger partial charge on any atom is -0.491 e. The third kappa shape index (κ3) is 25.7. The molecule has 0 fully saturated rings. The summed E-state index contributed by atoms with van der Waals surface area (Å²) in [5, 5.41) is 0. The number of rotatable bonds is 39. The largest absolute Gasteiger partial charge is 0.491 e. The molecule has 2 aromatic carbocycles. The zero-order valence-electron chi connectivity index (χ0n) is 36.2. The van der Waals surface area contributed by atoms with E-state index in [1.807, 2.05) is 24.3 Å². The van der Waals surface area contributed by atoms with Gasteiger partial charge in [-0.3, -0.25) is 0 Å². The van der Waals surface area contributed by atoms with E-state index in [-0.39, 0.29) is 18.6 Å². The van der Waals surface area contributed by atoms with Crippen molar-refractivity contribution >= 4 is 11.9 Å². The molecule has 0 unspecified atom stereocenters. The Labute approximate surface area is 356 Å². The van der Waals surface area contributed by atoms with Gasteiger partial charge in [-0.25, -0.2) is 9.59 Å². The number of carbonyl (C=O) groups excluding carboxylic acids is 2. The predicted octanol–water partition coefficient (Wildman–Crippen LogP) is 5.16. The third-order valence-electron chi connectivity index (χ3n) is 8.37. The van der Waals surface area contributed by atoms with E-state index >= 15 is 0 Å². The molecule has 0 N–H and O–H groups in total. The zero-order chi connectivity index (χ0) is 43.5. The first-order valence-electron chi connectivity index (χ1n) is 20.4. The maximum Gasteiger partial charge on any atom is 0.333 e. The van der Waals surface area contributed by atoms with Gasteiger partial charge in [0, 0.05) is 16.6 Å². The summed E-state index contributed by atoms with van der Waals surface area (Å²) in [6, 6.07) is 16.3. The second-order valence-electron chi connectivity index (χ2n) is 13.7. The molecule has 0 aliphatic rings. The molecule has 0 saturated carbocycles.